The molecular formula is C15H25N5S. The van der Waals surface area contributed by atoms with Gasteiger partial charge in [-0.1, -0.05) is 19.1 Å². The summed E-state index contributed by atoms with van der Waals surface area (Å²) in [6.07, 6.45) is 3.45. The van der Waals surface area contributed by atoms with Gasteiger partial charge in [-0.2, -0.15) is 5.10 Å². The standard InChI is InChI=1S/C15H25N5S/c1-4-7-20-8-5-12(6-9-20)17-15-13(14(16)21)10(2)11(3)18-19-15/h12H,4-9H2,1-3H3,(H2,16,21)(H,17,19). The van der Waals surface area contributed by atoms with E-state index in [4.69, 9.17) is 18.0 Å². The lowest BCUT2D eigenvalue weighted by molar-refractivity contribution is 0.219. The van der Waals surface area contributed by atoms with Crippen LogP contribution in [0.3, 0.4) is 0 Å². The Morgan fingerprint density at radius 1 is 1.33 bits per heavy atom. The highest BCUT2D eigenvalue weighted by molar-refractivity contribution is 7.80. The van der Waals surface area contributed by atoms with Gasteiger partial charge in [0.05, 0.1) is 11.3 Å². The molecule has 0 saturated carbocycles. The Balaban J connectivity index is 2.07. The average molecular weight is 307 g/mol. The second-order valence-corrected chi connectivity index (χ2v) is 6.20. The molecule has 1 aromatic heterocycles. The fourth-order valence-electron chi connectivity index (χ4n) is 2.82. The first-order valence-electron chi connectivity index (χ1n) is 7.65. The fraction of sp³-hybridized carbons (Fsp3) is 0.667. The predicted octanol–water partition coefficient (Wildman–Crippen LogP) is 2.01. The third-order valence-electron chi connectivity index (χ3n) is 4.17. The minimum absolute atomic E-state index is 0.386. The molecule has 0 unspecified atom stereocenters. The van der Waals surface area contributed by atoms with Crippen LogP contribution in [0.25, 0.3) is 0 Å². The van der Waals surface area contributed by atoms with Crippen molar-refractivity contribution in [3.05, 3.63) is 16.8 Å². The molecule has 0 aromatic carbocycles. The summed E-state index contributed by atoms with van der Waals surface area (Å²) in [5.74, 6) is 0.736. The van der Waals surface area contributed by atoms with Gasteiger partial charge in [0.25, 0.3) is 0 Å². The van der Waals surface area contributed by atoms with Gasteiger partial charge in [-0.25, -0.2) is 0 Å². The van der Waals surface area contributed by atoms with E-state index in [9.17, 15) is 0 Å². The van der Waals surface area contributed by atoms with Crippen molar-refractivity contribution in [1.29, 1.82) is 0 Å². The zero-order valence-corrected chi connectivity index (χ0v) is 14.0. The van der Waals surface area contributed by atoms with E-state index < -0.39 is 0 Å². The molecule has 1 aliphatic heterocycles. The molecule has 0 spiro atoms. The highest BCUT2D eigenvalue weighted by Crippen LogP contribution is 2.21. The molecule has 2 heterocycles. The van der Waals surface area contributed by atoms with Crippen molar-refractivity contribution in [3.63, 3.8) is 0 Å². The first kappa shape index (κ1) is 16.1. The Morgan fingerprint density at radius 3 is 2.57 bits per heavy atom. The number of nitrogens with two attached hydrogens (primary N) is 1. The maximum Gasteiger partial charge on any atom is 0.159 e. The monoisotopic (exact) mass is 307 g/mol. The number of aryl methyl sites for hydroxylation is 1. The van der Waals surface area contributed by atoms with Crippen LogP contribution in [0.15, 0.2) is 0 Å². The lowest BCUT2D eigenvalue weighted by atomic mass is 10.0. The van der Waals surface area contributed by atoms with Crippen LogP contribution in [-0.4, -0.2) is 45.8 Å². The quantitative estimate of drug-likeness (QED) is 0.811. The van der Waals surface area contributed by atoms with E-state index in [0.29, 0.717) is 11.0 Å². The van der Waals surface area contributed by atoms with Gasteiger partial charge >= 0.3 is 0 Å². The van der Waals surface area contributed by atoms with Gasteiger partial charge in [-0.15, -0.1) is 5.10 Å². The largest absolute Gasteiger partial charge is 0.389 e. The maximum atomic E-state index is 5.87. The first-order chi connectivity index (χ1) is 10.0. The molecule has 1 aliphatic rings. The molecular weight excluding hydrogens is 282 g/mol. The second-order valence-electron chi connectivity index (χ2n) is 5.76. The van der Waals surface area contributed by atoms with Crippen molar-refractivity contribution in [2.24, 2.45) is 5.73 Å². The van der Waals surface area contributed by atoms with E-state index in [1.165, 1.54) is 13.0 Å². The minimum Gasteiger partial charge on any atom is -0.389 e. The van der Waals surface area contributed by atoms with E-state index in [2.05, 4.69) is 27.3 Å². The molecule has 21 heavy (non-hydrogen) atoms. The van der Waals surface area contributed by atoms with Gasteiger partial charge in [0, 0.05) is 19.1 Å². The molecule has 0 bridgehead atoms. The van der Waals surface area contributed by atoms with Crippen molar-refractivity contribution in [2.45, 2.75) is 46.1 Å². The van der Waals surface area contributed by atoms with E-state index in [1.807, 2.05) is 13.8 Å². The Kier molecular flexibility index (Phi) is 5.47. The third-order valence-corrected chi connectivity index (χ3v) is 4.37. The van der Waals surface area contributed by atoms with Crippen LogP contribution in [-0.2, 0) is 0 Å². The van der Waals surface area contributed by atoms with Gasteiger partial charge in [-0.3, -0.25) is 0 Å². The number of aromatic nitrogens is 2. The first-order valence-corrected chi connectivity index (χ1v) is 8.06. The number of piperidine rings is 1. The van der Waals surface area contributed by atoms with Crippen molar-refractivity contribution >= 4 is 23.0 Å². The minimum atomic E-state index is 0.386. The smallest absolute Gasteiger partial charge is 0.159 e. The zero-order valence-electron chi connectivity index (χ0n) is 13.1. The summed E-state index contributed by atoms with van der Waals surface area (Å²) in [5, 5.41) is 12.0. The van der Waals surface area contributed by atoms with Gasteiger partial charge in [0.15, 0.2) is 5.82 Å². The summed E-state index contributed by atoms with van der Waals surface area (Å²) >= 11 is 5.18. The number of nitrogens with one attached hydrogen (secondary N) is 1. The molecule has 0 aliphatic carbocycles. The van der Waals surface area contributed by atoms with Gasteiger partial charge < -0.3 is 16.0 Å². The van der Waals surface area contributed by atoms with Crippen LogP contribution in [0.1, 0.15) is 43.0 Å². The average Bonchev–Trinajstić information content (AvgIpc) is 2.45. The fourth-order valence-corrected chi connectivity index (χ4v) is 3.07. The molecule has 3 N–H and O–H groups in total. The molecule has 0 atom stereocenters. The summed E-state index contributed by atoms with van der Waals surface area (Å²) in [7, 11) is 0. The molecule has 1 aromatic rings. The Bertz CT molecular complexity index is 509. The van der Waals surface area contributed by atoms with E-state index >= 15 is 0 Å². The van der Waals surface area contributed by atoms with Crippen molar-refractivity contribution in [3.8, 4) is 0 Å². The number of likely N-dealkylation sites (tertiary alicyclic amines) is 1. The predicted molar refractivity (Wildman–Crippen MR) is 90.8 cm³/mol. The molecule has 6 heteroatoms. The Hall–Kier alpha value is -1.27. The SMILES string of the molecule is CCCN1CCC(Nc2nnc(C)c(C)c2C(N)=S)CC1. The highest BCUT2D eigenvalue weighted by atomic mass is 32.1. The number of hydrogen-bond donors (Lipinski definition) is 2. The molecule has 2 rings (SSSR count). The summed E-state index contributed by atoms with van der Waals surface area (Å²) in [6, 6.07) is 0.419. The van der Waals surface area contributed by atoms with E-state index in [-0.39, 0.29) is 0 Å². The molecule has 1 fully saturated rings. The zero-order chi connectivity index (χ0) is 15.4. The normalized spacial score (nSPS) is 16.9. The third kappa shape index (κ3) is 3.89. The molecule has 116 valence electrons. The number of thiocarbonyl (C=S) groups is 1. The van der Waals surface area contributed by atoms with Crippen LogP contribution in [0.2, 0.25) is 0 Å². The van der Waals surface area contributed by atoms with Gasteiger partial charge in [0.2, 0.25) is 0 Å². The maximum absolute atomic E-state index is 5.87. The molecule has 1 saturated heterocycles. The number of hydrogen-bond acceptors (Lipinski definition) is 5. The molecule has 0 amide bonds. The number of anilines is 1. The second kappa shape index (κ2) is 7.13. The van der Waals surface area contributed by atoms with Crippen LogP contribution in [0.4, 0.5) is 5.82 Å². The molecule has 5 nitrogen and oxygen atoms in total. The van der Waals surface area contributed by atoms with Crippen LogP contribution in [0.5, 0.6) is 0 Å². The lowest BCUT2D eigenvalue weighted by Crippen LogP contribution is -2.40. The van der Waals surface area contributed by atoms with Crippen LogP contribution < -0.4 is 11.1 Å². The highest BCUT2D eigenvalue weighted by Gasteiger charge is 2.21. The van der Waals surface area contributed by atoms with E-state index in [0.717, 1.165) is 48.6 Å². The van der Waals surface area contributed by atoms with Crippen molar-refractivity contribution < 1.29 is 0 Å². The topological polar surface area (TPSA) is 67.1 Å². The summed E-state index contributed by atoms with van der Waals surface area (Å²) in [4.78, 5) is 2.90. The van der Waals surface area contributed by atoms with Gasteiger partial charge in [0.1, 0.15) is 4.99 Å². The Labute approximate surface area is 132 Å². The summed E-state index contributed by atoms with van der Waals surface area (Å²) < 4.78 is 0. The van der Waals surface area contributed by atoms with Crippen molar-refractivity contribution in [2.75, 3.05) is 25.0 Å². The van der Waals surface area contributed by atoms with Crippen LogP contribution in [0, 0.1) is 13.8 Å². The summed E-state index contributed by atoms with van der Waals surface area (Å²) in [5.41, 5.74) is 8.60. The van der Waals surface area contributed by atoms with Crippen molar-refractivity contribution in [1.82, 2.24) is 15.1 Å². The van der Waals surface area contributed by atoms with Gasteiger partial charge in [-0.05, 0) is 45.2 Å². The summed E-state index contributed by atoms with van der Waals surface area (Å²) in [6.45, 7) is 9.60. The van der Waals surface area contributed by atoms with Crippen LogP contribution >= 0.6 is 12.2 Å². The Morgan fingerprint density at radius 2 is 2.00 bits per heavy atom. The number of nitrogens with zero attached hydrogens (tertiary/aromatic N) is 3. The lowest BCUT2D eigenvalue weighted by Gasteiger charge is -2.32. The molecule has 0 radical (unpaired) electrons. The van der Waals surface area contributed by atoms with E-state index in [1.54, 1.807) is 0 Å². The number of rotatable bonds is 5.